The van der Waals surface area contributed by atoms with Crippen LogP contribution < -0.4 is 0 Å². The van der Waals surface area contributed by atoms with E-state index in [-0.39, 0.29) is 5.78 Å². The molecule has 0 amide bonds. The molecule has 0 fully saturated rings. The second-order valence-electron chi connectivity index (χ2n) is 2.64. The molecule has 0 saturated carbocycles. The lowest BCUT2D eigenvalue weighted by molar-refractivity contribution is 0.0903. The number of hydrogen-bond acceptors (Lipinski definition) is 2. The van der Waals surface area contributed by atoms with Gasteiger partial charge in [0.05, 0.1) is 0 Å². The van der Waals surface area contributed by atoms with E-state index in [4.69, 9.17) is 5.11 Å². The highest BCUT2D eigenvalue weighted by atomic mass is 16.3. The lowest BCUT2D eigenvalue weighted by atomic mass is 10.1. The minimum atomic E-state index is -0.410. The highest BCUT2D eigenvalue weighted by molar-refractivity contribution is 5.97. The van der Waals surface area contributed by atoms with Crippen LogP contribution in [-0.2, 0) is 6.42 Å². The molecule has 0 bridgehead atoms. The van der Waals surface area contributed by atoms with E-state index in [2.05, 4.69) is 0 Å². The minimum Gasteiger partial charge on any atom is -0.388 e. The average Bonchev–Trinajstić information content (AvgIpc) is 2.17. The molecule has 0 aliphatic carbocycles. The Morgan fingerprint density at radius 1 is 1.50 bits per heavy atom. The van der Waals surface area contributed by atoms with Gasteiger partial charge in [0.25, 0.3) is 0 Å². The van der Waals surface area contributed by atoms with E-state index in [1.54, 1.807) is 6.07 Å². The van der Waals surface area contributed by atoms with Crippen LogP contribution in [0.5, 0.6) is 0 Å². The summed E-state index contributed by atoms with van der Waals surface area (Å²) in [5.74, 6) is -0.217. The largest absolute Gasteiger partial charge is 0.388 e. The number of carbonyl (C=O) groups excluding carboxylic acids is 1. The minimum absolute atomic E-state index is 0.217. The Hall–Kier alpha value is -1.15. The molecule has 0 aromatic heterocycles. The maximum atomic E-state index is 11.0. The fourth-order valence-electron chi connectivity index (χ4n) is 1.06. The van der Waals surface area contributed by atoms with Gasteiger partial charge in [-0.1, -0.05) is 25.1 Å². The zero-order chi connectivity index (χ0) is 8.97. The predicted octanol–water partition coefficient (Wildman–Crippen LogP) is 1.42. The van der Waals surface area contributed by atoms with Crippen LogP contribution in [0.2, 0.25) is 0 Å². The van der Waals surface area contributed by atoms with Crippen molar-refractivity contribution in [2.75, 3.05) is 6.61 Å². The van der Waals surface area contributed by atoms with Crippen molar-refractivity contribution in [1.29, 1.82) is 0 Å². The molecule has 2 nitrogen and oxygen atoms in total. The summed E-state index contributed by atoms with van der Waals surface area (Å²) in [5, 5.41) is 8.60. The number of hydrogen-bond donors (Lipinski definition) is 1. The summed E-state index contributed by atoms with van der Waals surface area (Å²) in [7, 11) is 0. The fraction of sp³-hybridized carbons (Fsp3) is 0.300. The van der Waals surface area contributed by atoms with Gasteiger partial charge in [-0.25, -0.2) is 0 Å². The van der Waals surface area contributed by atoms with Crippen LogP contribution >= 0.6 is 0 Å². The van der Waals surface area contributed by atoms with Gasteiger partial charge in [0, 0.05) is 5.56 Å². The molecule has 0 radical (unpaired) electrons. The van der Waals surface area contributed by atoms with Gasteiger partial charge in [-0.05, 0) is 18.1 Å². The fourth-order valence-corrected chi connectivity index (χ4v) is 1.06. The number of aryl methyl sites for hydroxylation is 1. The van der Waals surface area contributed by atoms with Crippen molar-refractivity contribution < 1.29 is 9.90 Å². The molecule has 1 aromatic carbocycles. The lowest BCUT2D eigenvalue weighted by Gasteiger charge is -1.99. The van der Waals surface area contributed by atoms with E-state index in [0.29, 0.717) is 5.56 Å². The van der Waals surface area contributed by atoms with Gasteiger partial charge in [-0.3, -0.25) is 4.79 Å². The van der Waals surface area contributed by atoms with Crippen molar-refractivity contribution in [3.05, 3.63) is 35.4 Å². The van der Waals surface area contributed by atoms with Crippen molar-refractivity contribution in [3.63, 3.8) is 0 Å². The van der Waals surface area contributed by atoms with Gasteiger partial charge < -0.3 is 5.11 Å². The number of rotatable bonds is 3. The zero-order valence-electron chi connectivity index (χ0n) is 7.08. The van der Waals surface area contributed by atoms with E-state index in [1.165, 1.54) is 0 Å². The van der Waals surface area contributed by atoms with Crippen LogP contribution in [0, 0.1) is 0 Å². The van der Waals surface area contributed by atoms with Crippen LogP contribution in [0.4, 0.5) is 0 Å². The van der Waals surface area contributed by atoms with Crippen molar-refractivity contribution in [2.24, 2.45) is 0 Å². The topological polar surface area (TPSA) is 37.3 Å². The van der Waals surface area contributed by atoms with Gasteiger partial charge in [-0.15, -0.1) is 0 Å². The molecule has 0 aliphatic rings. The van der Waals surface area contributed by atoms with Gasteiger partial charge in [0.15, 0.2) is 5.78 Å². The van der Waals surface area contributed by atoms with E-state index in [0.717, 1.165) is 12.0 Å². The molecular formula is C10H12O2. The summed E-state index contributed by atoms with van der Waals surface area (Å²) in [6.45, 7) is 1.62. The highest BCUT2D eigenvalue weighted by Gasteiger charge is 2.02. The molecule has 0 spiro atoms. The Balaban J connectivity index is 2.93. The molecule has 12 heavy (non-hydrogen) atoms. The third kappa shape index (κ3) is 1.92. The quantitative estimate of drug-likeness (QED) is 0.686. The number of benzene rings is 1. The van der Waals surface area contributed by atoms with Crippen LogP contribution in [0.1, 0.15) is 22.8 Å². The Kier molecular flexibility index (Phi) is 3.00. The summed E-state index contributed by atoms with van der Waals surface area (Å²) in [4.78, 5) is 11.0. The molecule has 1 rings (SSSR count). The molecule has 2 heteroatoms. The maximum Gasteiger partial charge on any atom is 0.188 e. The number of ketones is 1. The molecule has 64 valence electrons. The second kappa shape index (κ2) is 4.02. The van der Waals surface area contributed by atoms with Crippen molar-refractivity contribution in [2.45, 2.75) is 13.3 Å². The summed E-state index contributed by atoms with van der Waals surface area (Å²) in [6, 6.07) is 7.34. The highest BCUT2D eigenvalue weighted by Crippen LogP contribution is 2.06. The Morgan fingerprint density at radius 3 is 2.83 bits per heavy atom. The zero-order valence-corrected chi connectivity index (χ0v) is 7.08. The number of aliphatic hydroxyl groups is 1. The smallest absolute Gasteiger partial charge is 0.188 e. The first kappa shape index (κ1) is 8.94. The van der Waals surface area contributed by atoms with Crippen molar-refractivity contribution in [3.8, 4) is 0 Å². The van der Waals surface area contributed by atoms with Crippen LogP contribution in [0.15, 0.2) is 24.3 Å². The molecule has 0 unspecified atom stereocenters. The predicted molar refractivity (Wildman–Crippen MR) is 47.2 cm³/mol. The van der Waals surface area contributed by atoms with E-state index >= 15 is 0 Å². The van der Waals surface area contributed by atoms with Crippen molar-refractivity contribution in [1.82, 2.24) is 0 Å². The van der Waals surface area contributed by atoms with Crippen molar-refractivity contribution >= 4 is 5.78 Å². The molecule has 0 heterocycles. The first-order chi connectivity index (χ1) is 5.77. The number of carbonyl (C=O) groups is 1. The number of aliphatic hydroxyl groups excluding tert-OH is 1. The Bertz CT molecular complexity index is 279. The summed E-state index contributed by atoms with van der Waals surface area (Å²) >= 11 is 0. The third-order valence-corrected chi connectivity index (χ3v) is 1.80. The summed E-state index contributed by atoms with van der Waals surface area (Å²) in [5.41, 5.74) is 1.71. The van der Waals surface area contributed by atoms with Crippen LogP contribution in [-0.4, -0.2) is 17.5 Å². The van der Waals surface area contributed by atoms with Gasteiger partial charge >= 0.3 is 0 Å². The van der Waals surface area contributed by atoms with E-state index < -0.39 is 6.61 Å². The first-order valence-corrected chi connectivity index (χ1v) is 4.01. The van der Waals surface area contributed by atoms with Crippen LogP contribution in [0.25, 0.3) is 0 Å². The Morgan fingerprint density at radius 2 is 2.25 bits per heavy atom. The standard InChI is InChI=1S/C10H12O2/c1-2-8-4-3-5-9(6-8)10(12)7-11/h3-6,11H,2,7H2,1H3. The van der Waals surface area contributed by atoms with Gasteiger partial charge in [0.2, 0.25) is 0 Å². The SMILES string of the molecule is CCc1cccc(C(=O)CO)c1. The molecule has 1 N–H and O–H groups in total. The van der Waals surface area contributed by atoms with E-state index in [1.807, 2.05) is 25.1 Å². The van der Waals surface area contributed by atoms with Gasteiger partial charge in [0.1, 0.15) is 6.61 Å². The average molecular weight is 164 g/mol. The molecule has 0 aliphatic heterocycles. The molecular weight excluding hydrogens is 152 g/mol. The lowest BCUT2D eigenvalue weighted by Crippen LogP contribution is -2.04. The first-order valence-electron chi connectivity index (χ1n) is 4.01. The van der Waals surface area contributed by atoms with Crippen LogP contribution in [0.3, 0.4) is 0 Å². The van der Waals surface area contributed by atoms with E-state index in [9.17, 15) is 4.79 Å². The summed E-state index contributed by atoms with van der Waals surface area (Å²) < 4.78 is 0. The normalized spacial score (nSPS) is 9.83. The Labute approximate surface area is 71.8 Å². The second-order valence-corrected chi connectivity index (χ2v) is 2.64. The molecule has 0 saturated heterocycles. The molecule has 0 atom stereocenters. The maximum absolute atomic E-state index is 11.0. The molecule has 1 aromatic rings. The van der Waals surface area contributed by atoms with Gasteiger partial charge in [-0.2, -0.15) is 0 Å². The monoisotopic (exact) mass is 164 g/mol. The number of Topliss-reactive ketones (excluding diaryl/α,β-unsaturated/α-hetero) is 1. The third-order valence-electron chi connectivity index (χ3n) is 1.80. The summed E-state index contributed by atoms with van der Waals surface area (Å²) in [6.07, 6.45) is 0.909.